The molecule has 1 aromatic heterocycles. The van der Waals surface area contributed by atoms with E-state index >= 15 is 0 Å². The Hall–Kier alpha value is -3.60. The average molecular weight is 449 g/mol. The number of benzene rings is 1. The molecule has 3 rings (SSSR count). The highest BCUT2D eigenvalue weighted by molar-refractivity contribution is 5.94. The van der Waals surface area contributed by atoms with Crippen LogP contribution < -0.4 is 21.8 Å². The molecule has 0 fully saturated rings. The van der Waals surface area contributed by atoms with Gasteiger partial charge in [0.15, 0.2) is 5.78 Å². The maximum absolute atomic E-state index is 14.4. The summed E-state index contributed by atoms with van der Waals surface area (Å²) in [6, 6.07) is 8.72. The van der Waals surface area contributed by atoms with Crippen LogP contribution in [0.25, 0.3) is 0 Å². The number of aryl methyl sites for hydroxylation is 1. The molecule has 1 amide bonds. The minimum Gasteiger partial charge on any atom is -0.321 e. The molecule has 1 aromatic carbocycles. The number of nitrogens with zero attached hydrogens (tertiary/aromatic N) is 2. The molecule has 0 radical (unpaired) electrons. The van der Waals surface area contributed by atoms with Gasteiger partial charge in [0.1, 0.15) is 11.9 Å². The van der Waals surface area contributed by atoms with Crippen molar-refractivity contribution in [3.63, 3.8) is 0 Å². The molecule has 8 nitrogen and oxygen atoms in total. The highest BCUT2D eigenvalue weighted by Gasteiger charge is 2.22. The van der Waals surface area contributed by atoms with Gasteiger partial charge < -0.3 is 9.88 Å². The van der Waals surface area contributed by atoms with Gasteiger partial charge in [0.05, 0.1) is 12.2 Å². The molecule has 2 aromatic rings. The minimum atomic E-state index is -2.03. The lowest BCUT2D eigenvalue weighted by atomic mass is 10.1. The number of amides is 1. The quantitative estimate of drug-likeness (QED) is 0.543. The summed E-state index contributed by atoms with van der Waals surface area (Å²) in [6.45, 7) is 1.14. The Balaban J connectivity index is 1.58. The van der Waals surface area contributed by atoms with E-state index < -0.39 is 35.3 Å². The standard InChI is InChI=1S/C21H22F3N5O3/c1-13(30)17-12-29(27-26-17)11-15(22)7-9-28-10-8-16(19(24)21(28)32)25-20(31)18(23)14-5-3-2-4-6-14/h2-6,8,10,12,15,18,26-27H,7,9,11H2,1H3,(H,25,31). The van der Waals surface area contributed by atoms with E-state index in [1.165, 1.54) is 36.5 Å². The number of alkyl halides is 2. The first-order valence-electron chi connectivity index (χ1n) is 9.80. The first-order valence-corrected chi connectivity index (χ1v) is 9.80. The Kier molecular flexibility index (Phi) is 7.31. The number of halogens is 3. The van der Waals surface area contributed by atoms with Crippen molar-refractivity contribution in [2.75, 3.05) is 11.9 Å². The SMILES string of the molecule is CC(=O)C1=CN(CC(F)CCn2ccc(NC(=O)C(F)c3ccccc3)c(F)c2=O)NN1. The van der Waals surface area contributed by atoms with Gasteiger partial charge in [0.25, 0.3) is 11.5 Å². The molecule has 0 bridgehead atoms. The molecule has 0 aliphatic carbocycles. The van der Waals surface area contributed by atoms with E-state index in [0.717, 1.165) is 10.6 Å². The maximum atomic E-state index is 14.4. The first kappa shape index (κ1) is 23.1. The fourth-order valence-corrected chi connectivity index (χ4v) is 3.00. The third-order valence-corrected chi connectivity index (χ3v) is 4.76. The highest BCUT2D eigenvalue weighted by atomic mass is 19.1. The number of allylic oxidation sites excluding steroid dienone is 1. The summed E-state index contributed by atoms with van der Waals surface area (Å²) in [5, 5.41) is 3.42. The number of nitrogens with one attached hydrogen (secondary N) is 3. The molecule has 2 atom stereocenters. The molecular formula is C21H22F3N5O3. The van der Waals surface area contributed by atoms with Crippen molar-refractivity contribution in [3.05, 3.63) is 76.2 Å². The zero-order valence-electron chi connectivity index (χ0n) is 17.1. The third kappa shape index (κ3) is 5.55. The topological polar surface area (TPSA) is 95.5 Å². The largest absolute Gasteiger partial charge is 0.321 e. The zero-order valence-corrected chi connectivity index (χ0v) is 17.1. The van der Waals surface area contributed by atoms with Crippen molar-refractivity contribution in [2.45, 2.75) is 32.2 Å². The van der Waals surface area contributed by atoms with Crippen molar-refractivity contribution >= 4 is 17.4 Å². The number of hydrazine groups is 2. The van der Waals surface area contributed by atoms with E-state index in [-0.39, 0.29) is 36.6 Å². The van der Waals surface area contributed by atoms with Crippen molar-refractivity contribution in [1.82, 2.24) is 20.5 Å². The second-order valence-electron chi connectivity index (χ2n) is 7.18. The second-order valence-corrected chi connectivity index (χ2v) is 7.18. The number of aromatic nitrogens is 1. The molecule has 0 spiro atoms. The van der Waals surface area contributed by atoms with Crippen LogP contribution in [0.15, 0.2) is 59.3 Å². The van der Waals surface area contributed by atoms with E-state index in [2.05, 4.69) is 16.3 Å². The predicted octanol–water partition coefficient (Wildman–Crippen LogP) is 2.12. The number of ketones is 1. The lowest BCUT2D eigenvalue weighted by Crippen LogP contribution is -2.40. The van der Waals surface area contributed by atoms with Crippen LogP contribution in [0.1, 0.15) is 25.1 Å². The molecule has 2 unspecified atom stereocenters. The number of pyridine rings is 1. The number of Topliss-reactive ketones (excluding diaryl/α,β-unsaturated/α-hetero) is 1. The van der Waals surface area contributed by atoms with E-state index in [4.69, 9.17) is 0 Å². The molecule has 3 N–H and O–H groups in total. The van der Waals surface area contributed by atoms with Crippen LogP contribution in [0.4, 0.5) is 18.9 Å². The van der Waals surface area contributed by atoms with E-state index in [1.807, 2.05) is 0 Å². The van der Waals surface area contributed by atoms with Crippen LogP contribution >= 0.6 is 0 Å². The number of carbonyl (C=O) groups excluding carboxylic acids is 2. The van der Waals surface area contributed by atoms with Gasteiger partial charge in [-0.25, -0.2) is 8.78 Å². The normalized spacial score (nSPS) is 15.0. The average Bonchev–Trinajstić information content (AvgIpc) is 3.25. The van der Waals surface area contributed by atoms with Gasteiger partial charge in [0.2, 0.25) is 12.0 Å². The van der Waals surface area contributed by atoms with Crippen LogP contribution in [-0.4, -0.2) is 34.0 Å². The lowest BCUT2D eigenvalue weighted by molar-refractivity contribution is -0.121. The van der Waals surface area contributed by atoms with Crippen LogP contribution in [0.3, 0.4) is 0 Å². The van der Waals surface area contributed by atoms with Gasteiger partial charge in [-0.2, -0.15) is 4.39 Å². The van der Waals surface area contributed by atoms with E-state index in [1.54, 1.807) is 18.2 Å². The summed E-state index contributed by atoms with van der Waals surface area (Å²) in [5.74, 6) is -2.59. The molecule has 170 valence electrons. The van der Waals surface area contributed by atoms with Crippen LogP contribution in [0, 0.1) is 5.82 Å². The maximum Gasteiger partial charge on any atom is 0.288 e. The summed E-state index contributed by atoms with van der Waals surface area (Å²) < 4.78 is 43.9. The molecule has 11 heteroatoms. The predicted molar refractivity (Wildman–Crippen MR) is 111 cm³/mol. The number of anilines is 1. The third-order valence-electron chi connectivity index (χ3n) is 4.76. The Bertz CT molecular complexity index is 1070. The van der Waals surface area contributed by atoms with Crippen molar-refractivity contribution in [1.29, 1.82) is 0 Å². The fourth-order valence-electron chi connectivity index (χ4n) is 3.00. The Labute approximate surface area is 181 Å². The fraction of sp³-hybridized carbons (Fsp3) is 0.286. The van der Waals surface area contributed by atoms with Crippen molar-refractivity contribution < 1.29 is 22.8 Å². The number of hydrogen-bond acceptors (Lipinski definition) is 6. The van der Waals surface area contributed by atoms with Gasteiger partial charge in [-0.05, 0) is 18.1 Å². The van der Waals surface area contributed by atoms with Gasteiger partial charge in [-0.3, -0.25) is 24.8 Å². The highest BCUT2D eigenvalue weighted by Crippen LogP contribution is 2.20. The summed E-state index contributed by atoms with van der Waals surface area (Å²) in [6.07, 6.45) is -0.901. The van der Waals surface area contributed by atoms with E-state index in [9.17, 15) is 27.6 Å². The molecular weight excluding hydrogens is 427 g/mol. The van der Waals surface area contributed by atoms with Crippen molar-refractivity contribution in [3.8, 4) is 0 Å². The first-order chi connectivity index (χ1) is 15.3. The van der Waals surface area contributed by atoms with Gasteiger partial charge >= 0.3 is 0 Å². The monoisotopic (exact) mass is 449 g/mol. The van der Waals surface area contributed by atoms with Crippen LogP contribution in [-0.2, 0) is 16.1 Å². The summed E-state index contributed by atoms with van der Waals surface area (Å²) >= 11 is 0. The number of rotatable bonds is 9. The zero-order chi connectivity index (χ0) is 23.3. The van der Waals surface area contributed by atoms with Crippen LogP contribution in [0.2, 0.25) is 0 Å². The Morgan fingerprint density at radius 1 is 1.16 bits per heavy atom. The van der Waals surface area contributed by atoms with E-state index in [0.29, 0.717) is 0 Å². The van der Waals surface area contributed by atoms with Gasteiger partial charge in [-0.1, -0.05) is 30.3 Å². The lowest BCUT2D eigenvalue weighted by Gasteiger charge is -2.18. The summed E-state index contributed by atoms with van der Waals surface area (Å²) in [4.78, 5) is 35.5. The van der Waals surface area contributed by atoms with Crippen molar-refractivity contribution in [2.24, 2.45) is 0 Å². The Morgan fingerprint density at radius 3 is 2.53 bits per heavy atom. The smallest absolute Gasteiger partial charge is 0.288 e. The molecule has 0 saturated carbocycles. The second kappa shape index (κ2) is 10.1. The van der Waals surface area contributed by atoms with Gasteiger partial charge in [-0.15, -0.1) is 5.53 Å². The van der Waals surface area contributed by atoms with Gasteiger partial charge in [0, 0.05) is 25.9 Å². The summed E-state index contributed by atoms with van der Waals surface area (Å²) in [5.41, 5.74) is 4.07. The molecule has 2 heterocycles. The summed E-state index contributed by atoms with van der Waals surface area (Å²) in [7, 11) is 0. The minimum absolute atomic E-state index is 0.0979. The molecule has 0 saturated heterocycles. The number of carbonyl (C=O) groups is 2. The molecule has 1 aliphatic rings. The van der Waals surface area contributed by atoms with Crippen LogP contribution in [0.5, 0.6) is 0 Å². The Morgan fingerprint density at radius 2 is 1.88 bits per heavy atom. The number of hydrogen-bond donors (Lipinski definition) is 3. The molecule has 1 aliphatic heterocycles. The molecule has 32 heavy (non-hydrogen) atoms.